The van der Waals surface area contributed by atoms with Crippen LogP contribution in [0.5, 0.6) is 0 Å². The number of aromatic amines is 1. The molecule has 0 aliphatic heterocycles. The molecule has 2 N–H and O–H groups in total. The van der Waals surface area contributed by atoms with E-state index in [-0.39, 0.29) is 11.7 Å². The van der Waals surface area contributed by atoms with E-state index in [0.717, 1.165) is 33.5 Å². The fraction of sp³-hybridized carbons (Fsp3) is 0.308. The van der Waals surface area contributed by atoms with Crippen LogP contribution < -0.4 is 5.32 Å². The van der Waals surface area contributed by atoms with Crippen LogP contribution >= 0.6 is 22.6 Å². The highest BCUT2D eigenvalue weighted by Gasteiger charge is 2.13. The standard InChI is InChI=1S/C13H15IN4O/c1-3-4-11-16-12(18-17-11)13(19)15-10-6-5-9(14)7-8(10)2/h5-7H,3-4H2,1-2H3,(H,15,19)(H,16,17,18). The number of rotatable bonds is 4. The van der Waals surface area contributed by atoms with Gasteiger partial charge in [-0.2, -0.15) is 0 Å². The van der Waals surface area contributed by atoms with Gasteiger partial charge in [-0.3, -0.25) is 9.89 Å². The van der Waals surface area contributed by atoms with E-state index in [2.05, 4.69) is 50.0 Å². The summed E-state index contributed by atoms with van der Waals surface area (Å²) in [6.07, 6.45) is 1.76. The van der Waals surface area contributed by atoms with Crippen LogP contribution in [0.4, 0.5) is 5.69 Å². The number of nitrogens with one attached hydrogen (secondary N) is 2. The lowest BCUT2D eigenvalue weighted by Gasteiger charge is -2.06. The van der Waals surface area contributed by atoms with E-state index in [9.17, 15) is 4.79 Å². The average Bonchev–Trinajstić information content (AvgIpc) is 2.82. The summed E-state index contributed by atoms with van der Waals surface area (Å²) in [6.45, 7) is 4.01. The Kier molecular flexibility index (Phi) is 4.52. The van der Waals surface area contributed by atoms with E-state index >= 15 is 0 Å². The normalized spacial score (nSPS) is 10.5. The minimum Gasteiger partial charge on any atom is -0.319 e. The molecular weight excluding hydrogens is 355 g/mol. The first kappa shape index (κ1) is 14.0. The lowest BCUT2D eigenvalue weighted by Crippen LogP contribution is -2.14. The fourth-order valence-electron chi connectivity index (χ4n) is 1.69. The maximum atomic E-state index is 12.0. The second-order valence-corrected chi connectivity index (χ2v) is 5.51. The van der Waals surface area contributed by atoms with Crippen molar-refractivity contribution in [2.45, 2.75) is 26.7 Å². The third-order valence-corrected chi connectivity index (χ3v) is 3.33. The number of carbonyl (C=O) groups excluding carboxylic acids is 1. The molecule has 0 aliphatic rings. The van der Waals surface area contributed by atoms with Crippen LogP contribution in [-0.2, 0) is 6.42 Å². The molecule has 6 heteroatoms. The molecule has 0 spiro atoms. The maximum Gasteiger partial charge on any atom is 0.295 e. The van der Waals surface area contributed by atoms with Gasteiger partial charge in [-0.25, -0.2) is 4.98 Å². The Balaban J connectivity index is 2.11. The summed E-state index contributed by atoms with van der Waals surface area (Å²) in [5.74, 6) is 0.635. The summed E-state index contributed by atoms with van der Waals surface area (Å²) in [7, 11) is 0. The number of carbonyl (C=O) groups is 1. The molecule has 0 aliphatic carbocycles. The van der Waals surface area contributed by atoms with Crippen molar-refractivity contribution in [3.05, 3.63) is 39.0 Å². The van der Waals surface area contributed by atoms with Crippen LogP contribution in [0.2, 0.25) is 0 Å². The first-order valence-electron chi connectivity index (χ1n) is 6.09. The number of hydrogen-bond acceptors (Lipinski definition) is 3. The Morgan fingerprint density at radius 2 is 2.26 bits per heavy atom. The molecule has 1 heterocycles. The van der Waals surface area contributed by atoms with Gasteiger partial charge in [-0.1, -0.05) is 6.92 Å². The lowest BCUT2D eigenvalue weighted by molar-refractivity contribution is 0.101. The molecule has 1 aromatic heterocycles. The lowest BCUT2D eigenvalue weighted by atomic mass is 10.2. The smallest absolute Gasteiger partial charge is 0.295 e. The predicted octanol–water partition coefficient (Wildman–Crippen LogP) is 2.92. The van der Waals surface area contributed by atoms with Gasteiger partial charge in [0.2, 0.25) is 5.82 Å². The van der Waals surface area contributed by atoms with Crippen LogP contribution in [0.25, 0.3) is 0 Å². The Morgan fingerprint density at radius 1 is 1.47 bits per heavy atom. The monoisotopic (exact) mass is 370 g/mol. The molecule has 100 valence electrons. The van der Waals surface area contributed by atoms with Gasteiger partial charge in [0, 0.05) is 15.7 Å². The molecule has 0 atom stereocenters. The summed E-state index contributed by atoms with van der Waals surface area (Å²) in [5, 5.41) is 9.52. The highest BCUT2D eigenvalue weighted by molar-refractivity contribution is 14.1. The first-order chi connectivity index (χ1) is 9.10. The number of nitrogens with zero attached hydrogens (tertiary/aromatic N) is 2. The molecule has 0 saturated carbocycles. The molecular formula is C13H15IN4O. The van der Waals surface area contributed by atoms with Crippen molar-refractivity contribution in [2.24, 2.45) is 0 Å². The topological polar surface area (TPSA) is 70.7 Å². The average molecular weight is 370 g/mol. The summed E-state index contributed by atoms with van der Waals surface area (Å²) in [4.78, 5) is 16.2. The van der Waals surface area contributed by atoms with E-state index in [1.165, 1.54) is 0 Å². The molecule has 0 bridgehead atoms. The molecule has 0 unspecified atom stereocenters. The Labute approximate surface area is 125 Å². The van der Waals surface area contributed by atoms with Gasteiger partial charge in [0.15, 0.2) is 0 Å². The summed E-state index contributed by atoms with van der Waals surface area (Å²) >= 11 is 2.24. The minimum atomic E-state index is -0.289. The van der Waals surface area contributed by atoms with Gasteiger partial charge < -0.3 is 5.32 Å². The number of anilines is 1. The van der Waals surface area contributed by atoms with Gasteiger partial charge in [0.05, 0.1) is 0 Å². The predicted molar refractivity (Wildman–Crippen MR) is 82.2 cm³/mol. The zero-order valence-corrected chi connectivity index (χ0v) is 13.0. The molecule has 19 heavy (non-hydrogen) atoms. The Morgan fingerprint density at radius 3 is 2.95 bits per heavy atom. The molecule has 0 fully saturated rings. The third kappa shape index (κ3) is 3.52. The van der Waals surface area contributed by atoms with Crippen LogP contribution in [0, 0.1) is 10.5 Å². The van der Waals surface area contributed by atoms with Crippen molar-refractivity contribution in [2.75, 3.05) is 5.32 Å². The number of H-pyrrole nitrogens is 1. The van der Waals surface area contributed by atoms with Crippen molar-refractivity contribution >= 4 is 34.2 Å². The summed E-state index contributed by atoms with van der Waals surface area (Å²) in [5.41, 5.74) is 1.80. The highest BCUT2D eigenvalue weighted by Crippen LogP contribution is 2.18. The quantitative estimate of drug-likeness (QED) is 0.814. The van der Waals surface area contributed by atoms with Gasteiger partial charge in [0.1, 0.15) is 5.82 Å². The maximum absolute atomic E-state index is 12.0. The largest absolute Gasteiger partial charge is 0.319 e. The summed E-state index contributed by atoms with van der Waals surface area (Å²) < 4.78 is 1.14. The van der Waals surface area contributed by atoms with Crippen LogP contribution in [0.1, 0.15) is 35.4 Å². The molecule has 2 aromatic rings. The third-order valence-electron chi connectivity index (χ3n) is 2.66. The van der Waals surface area contributed by atoms with Crippen molar-refractivity contribution in [1.82, 2.24) is 15.2 Å². The van der Waals surface area contributed by atoms with Crippen LogP contribution in [0.3, 0.4) is 0 Å². The molecule has 1 aromatic carbocycles. The van der Waals surface area contributed by atoms with E-state index < -0.39 is 0 Å². The number of halogens is 1. The molecule has 2 rings (SSSR count). The summed E-state index contributed by atoms with van der Waals surface area (Å²) in [6, 6.07) is 5.84. The van der Waals surface area contributed by atoms with E-state index in [0.29, 0.717) is 0 Å². The van der Waals surface area contributed by atoms with Crippen molar-refractivity contribution < 1.29 is 4.79 Å². The van der Waals surface area contributed by atoms with Gasteiger partial charge in [-0.15, -0.1) is 5.10 Å². The zero-order chi connectivity index (χ0) is 13.8. The van der Waals surface area contributed by atoms with Crippen LogP contribution in [0.15, 0.2) is 18.2 Å². The Bertz CT molecular complexity index is 594. The molecule has 0 saturated heterocycles. The van der Waals surface area contributed by atoms with Gasteiger partial charge in [0.25, 0.3) is 5.91 Å². The van der Waals surface area contributed by atoms with Gasteiger partial charge >= 0.3 is 0 Å². The zero-order valence-electron chi connectivity index (χ0n) is 10.8. The van der Waals surface area contributed by atoms with Crippen LogP contribution in [-0.4, -0.2) is 21.1 Å². The first-order valence-corrected chi connectivity index (χ1v) is 7.16. The fourth-order valence-corrected chi connectivity index (χ4v) is 2.34. The van der Waals surface area contributed by atoms with E-state index in [1.807, 2.05) is 25.1 Å². The number of amides is 1. The minimum absolute atomic E-state index is 0.182. The molecule has 1 amide bonds. The molecule has 5 nitrogen and oxygen atoms in total. The number of hydrogen-bond donors (Lipinski definition) is 2. The molecule has 0 radical (unpaired) electrons. The number of aryl methyl sites for hydroxylation is 2. The number of aromatic nitrogens is 3. The second kappa shape index (κ2) is 6.14. The van der Waals surface area contributed by atoms with Gasteiger partial charge in [-0.05, 0) is 59.7 Å². The van der Waals surface area contributed by atoms with Crippen molar-refractivity contribution in [3.63, 3.8) is 0 Å². The van der Waals surface area contributed by atoms with Crippen molar-refractivity contribution in [3.8, 4) is 0 Å². The number of benzene rings is 1. The second-order valence-electron chi connectivity index (χ2n) is 4.27. The van der Waals surface area contributed by atoms with E-state index in [1.54, 1.807) is 0 Å². The Hall–Kier alpha value is -1.44. The SMILES string of the molecule is CCCc1nc(C(=O)Nc2ccc(I)cc2C)n[nH]1. The highest BCUT2D eigenvalue weighted by atomic mass is 127. The van der Waals surface area contributed by atoms with E-state index in [4.69, 9.17) is 0 Å². The van der Waals surface area contributed by atoms with Crippen molar-refractivity contribution in [1.29, 1.82) is 0 Å².